The summed E-state index contributed by atoms with van der Waals surface area (Å²) in [6, 6.07) is 20.8. The Labute approximate surface area is 145 Å². The second kappa shape index (κ2) is 6.81. The van der Waals surface area contributed by atoms with Gasteiger partial charge in [0, 0.05) is 35.6 Å². The zero-order chi connectivity index (χ0) is 16.2. The zero-order valence-corrected chi connectivity index (χ0v) is 14.0. The fraction of sp³-hybridized carbons (Fsp3) is 0.100. The first-order valence-electron chi connectivity index (χ1n) is 7.93. The second-order valence-corrected chi connectivity index (χ2v) is 6.80. The van der Waals surface area contributed by atoms with E-state index in [0.717, 1.165) is 23.6 Å². The van der Waals surface area contributed by atoms with Gasteiger partial charge in [0.15, 0.2) is 5.13 Å². The van der Waals surface area contributed by atoms with Gasteiger partial charge >= 0.3 is 0 Å². The number of hydrogen-bond acceptors (Lipinski definition) is 4. The number of anilines is 1. The molecule has 0 saturated heterocycles. The van der Waals surface area contributed by atoms with Crippen LogP contribution in [0.2, 0.25) is 0 Å². The Bertz CT molecular complexity index is 947. The van der Waals surface area contributed by atoms with E-state index >= 15 is 0 Å². The molecule has 2 heterocycles. The van der Waals surface area contributed by atoms with Gasteiger partial charge in [-0.05, 0) is 23.3 Å². The fourth-order valence-electron chi connectivity index (χ4n) is 2.66. The highest BCUT2D eigenvalue weighted by atomic mass is 32.1. The first-order chi connectivity index (χ1) is 11.9. The summed E-state index contributed by atoms with van der Waals surface area (Å²) in [5.74, 6) is 0. The van der Waals surface area contributed by atoms with Gasteiger partial charge < -0.3 is 5.32 Å². The molecule has 0 aliphatic heterocycles. The van der Waals surface area contributed by atoms with Crippen molar-refractivity contribution in [2.24, 2.45) is 0 Å². The summed E-state index contributed by atoms with van der Waals surface area (Å²) in [5.41, 5.74) is 3.51. The molecule has 0 aliphatic carbocycles. The quantitative estimate of drug-likeness (QED) is 0.565. The van der Waals surface area contributed by atoms with Gasteiger partial charge in [-0.3, -0.25) is 4.98 Å². The third-order valence-electron chi connectivity index (χ3n) is 3.87. The molecule has 0 amide bonds. The Balaban J connectivity index is 1.44. The summed E-state index contributed by atoms with van der Waals surface area (Å²) in [5, 5.41) is 5.53. The van der Waals surface area contributed by atoms with Crippen molar-refractivity contribution in [3.8, 4) is 0 Å². The standard InChI is InChI=1S/C20H17N3S/c1-2-6-15(7-3-1)12-22-20-23-14-18(24-20)11-16-10-17-8-4-5-9-19(17)21-13-16/h1-10,13-14H,11-12H2,(H,22,23). The van der Waals surface area contributed by atoms with Crippen LogP contribution < -0.4 is 5.32 Å². The highest BCUT2D eigenvalue weighted by Gasteiger charge is 2.04. The number of para-hydroxylation sites is 1. The van der Waals surface area contributed by atoms with Crippen molar-refractivity contribution >= 4 is 27.4 Å². The molecule has 24 heavy (non-hydrogen) atoms. The molecule has 0 saturated carbocycles. The molecule has 0 bridgehead atoms. The van der Waals surface area contributed by atoms with Crippen molar-refractivity contribution in [1.82, 2.24) is 9.97 Å². The molecule has 0 fully saturated rings. The predicted octanol–water partition coefficient (Wildman–Crippen LogP) is 4.89. The number of aromatic nitrogens is 2. The molecule has 0 aliphatic rings. The number of rotatable bonds is 5. The van der Waals surface area contributed by atoms with Crippen LogP contribution in [0.15, 0.2) is 73.1 Å². The minimum atomic E-state index is 0.797. The average Bonchev–Trinajstić information content (AvgIpc) is 3.08. The number of hydrogen-bond donors (Lipinski definition) is 1. The number of thiazole rings is 1. The van der Waals surface area contributed by atoms with Crippen molar-refractivity contribution in [2.75, 3.05) is 5.32 Å². The molecule has 4 heteroatoms. The first kappa shape index (κ1) is 14.8. The highest BCUT2D eigenvalue weighted by Crippen LogP contribution is 2.23. The van der Waals surface area contributed by atoms with Crippen LogP contribution in [-0.2, 0) is 13.0 Å². The predicted molar refractivity (Wildman–Crippen MR) is 100 cm³/mol. The van der Waals surface area contributed by atoms with Gasteiger partial charge in [0.25, 0.3) is 0 Å². The molecule has 0 radical (unpaired) electrons. The van der Waals surface area contributed by atoms with E-state index in [9.17, 15) is 0 Å². The Kier molecular flexibility index (Phi) is 4.21. The molecule has 3 nitrogen and oxygen atoms in total. The van der Waals surface area contributed by atoms with Gasteiger partial charge in [-0.2, -0.15) is 0 Å². The molecule has 0 unspecified atom stereocenters. The maximum absolute atomic E-state index is 4.53. The summed E-state index contributed by atoms with van der Waals surface area (Å²) >= 11 is 1.70. The van der Waals surface area contributed by atoms with Gasteiger partial charge in [0.2, 0.25) is 0 Å². The van der Waals surface area contributed by atoms with E-state index in [2.05, 4.69) is 51.7 Å². The Hall–Kier alpha value is -2.72. The first-order valence-corrected chi connectivity index (χ1v) is 8.75. The van der Waals surface area contributed by atoms with Crippen LogP contribution in [0.3, 0.4) is 0 Å². The van der Waals surface area contributed by atoms with Crippen LogP contribution in [0.1, 0.15) is 16.0 Å². The van der Waals surface area contributed by atoms with E-state index < -0.39 is 0 Å². The minimum absolute atomic E-state index is 0.797. The molecule has 2 aromatic carbocycles. The smallest absolute Gasteiger partial charge is 0.183 e. The maximum Gasteiger partial charge on any atom is 0.183 e. The van der Waals surface area contributed by atoms with Gasteiger partial charge in [-0.15, -0.1) is 11.3 Å². The van der Waals surface area contributed by atoms with Crippen LogP contribution in [0, 0.1) is 0 Å². The summed E-state index contributed by atoms with van der Waals surface area (Å²) in [4.78, 5) is 10.2. The Morgan fingerprint density at radius 1 is 0.833 bits per heavy atom. The van der Waals surface area contributed by atoms with E-state index in [4.69, 9.17) is 0 Å². The van der Waals surface area contributed by atoms with Crippen LogP contribution in [-0.4, -0.2) is 9.97 Å². The van der Waals surface area contributed by atoms with Gasteiger partial charge in [-0.25, -0.2) is 4.98 Å². The van der Waals surface area contributed by atoms with Crippen molar-refractivity contribution in [3.05, 3.63) is 89.1 Å². The van der Waals surface area contributed by atoms with E-state index in [0.29, 0.717) is 0 Å². The summed E-state index contributed by atoms with van der Waals surface area (Å²) in [6.07, 6.45) is 4.77. The van der Waals surface area contributed by atoms with Gasteiger partial charge in [0.05, 0.1) is 5.52 Å². The topological polar surface area (TPSA) is 37.8 Å². The number of nitrogens with one attached hydrogen (secondary N) is 1. The molecule has 0 spiro atoms. The van der Waals surface area contributed by atoms with Crippen molar-refractivity contribution < 1.29 is 0 Å². The van der Waals surface area contributed by atoms with Crippen molar-refractivity contribution in [1.29, 1.82) is 0 Å². The van der Waals surface area contributed by atoms with E-state index in [1.165, 1.54) is 21.4 Å². The number of pyridine rings is 1. The number of fused-ring (bicyclic) bond motifs is 1. The molecule has 0 atom stereocenters. The van der Waals surface area contributed by atoms with E-state index in [1.54, 1.807) is 11.3 Å². The van der Waals surface area contributed by atoms with Crippen molar-refractivity contribution in [2.45, 2.75) is 13.0 Å². The lowest BCUT2D eigenvalue weighted by Crippen LogP contribution is -1.97. The third-order valence-corrected chi connectivity index (χ3v) is 4.82. The number of benzene rings is 2. The lowest BCUT2D eigenvalue weighted by molar-refractivity contribution is 1.13. The Morgan fingerprint density at radius 2 is 1.67 bits per heavy atom. The summed E-state index contributed by atoms with van der Waals surface area (Å²) in [6.45, 7) is 0.797. The fourth-order valence-corrected chi connectivity index (χ4v) is 3.50. The molecule has 4 aromatic rings. The molecule has 118 valence electrons. The van der Waals surface area contributed by atoms with Crippen LogP contribution >= 0.6 is 11.3 Å². The number of nitrogens with zero attached hydrogens (tertiary/aromatic N) is 2. The molecular weight excluding hydrogens is 314 g/mol. The highest BCUT2D eigenvalue weighted by molar-refractivity contribution is 7.15. The maximum atomic E-state index is 4.53. The second-order valence-electron chi connectivity index (χ2n) is 5.68. The van der Waals surface area contributed by atoms with Crippen molar-refractivity contribution in [3.63, 3.8) is 0 Å². The minimum Gasteiger partial charge on any atom is -0.357 e. The molecular formula is C20H17N3S. The zero-order valence-electron chi connectivity index (χ0n) is 13.1. The molecule has 1 N–H and O–H groups in total. The van der Waals surface area contributed by atoms with Crippen LogP contribution in [0.4, 0.5) is 5.13 Å². The van der Waals surface area contributed by atoms with Crippen LogP contribution in [0.5, 0.6) is 0 Å². The third kappa shape index (κ3) is 3.44. The average molecular weight is 331 g/mol. The SMILES string of the molecule is c1ccc(CNc2ncc(Cc3cnc4ccccc4c3)s2)cc1. The summed E-state index contributed by atoms with van der Waals surface area (Å²) < 4.78 is 0. The Morgan fingerprint density at radius 3 is 2.58 bits per heavy atom. The van der Waals surface area contributed by atoms with Gasteiger partial charge in [-0.1, -0.05) is 48.5 Å². The lowest BCUT2D eigenvalue weighted by atomic mass is 10.1. The normalized spacial score (nSPS) is 10.8. The van der Waals surface area contributed by atoms with E-state index in [-0.39, 0.29) is 0 Å². The monoisotopic (exact) mass is 331 g/mol. The molecule has 4 rings (SSSR count). The molecule has 2 aromatic heterocycles. The van der Waals surface area contributed by atoms with E-state index in [1.807, 2.05) is 36.7 Å². The lowest BCUT2D eigenvalue weighted by Gasteiger charge is -2.02. The van der Waals surface area contributed by atoms with Crippen LogP contribution in [0.25, 0.3) is 10.9 Å². The summed E-state index contributed by atoms with van der Waals surface area (Å²) in [7, 11) is 0. The van der Waals surface area contributed by atoms with Gasteiger partial charge in [0.1, 0.15) is 0 Å². The largest absolute Gasteiger partial charge is 0.357 e.